The number of hydrogen-bond donors (Lipinski definition) is 0. The van der Waals surface area contributed by atoms with E-state index >= 15 is 0 Å². The second-order valence-electron chi connectivity index (χ2n) is 37.3. The van der Waals surface area contributed by atoms with Crippen LogP contribution in [-0.2, 0) is 102 Å². The zero-order valence-electron chi connectivity index (χ0n) is 84.6. The molecule has 0 spiro atoms. The molecule has 16 heteroatoms. The van der Waals surface area contributed by atoms with Crippen molar-refractivity contribution in [1.29, 1.82) is 0 Å². The molecule has 0 saturated carbocycles. The van der Waals surface area contributed by atoms with E-state index in [1.807, 2.05) is 320 Å². The maximum atomic E-state index is 4.72. The van der Waals surface area contributed by atoms with E-state index in [4.69, 9.17) is 5.10 Å². The van der Waals surface area contributed by atoms with Crippen molar-refractivity contribution in [2.75, 3.05) is 0 Å². The fourth-order valence-corrected chi connectivity index (χ4v) is 17.8. The van der Waals surface area contributed by atoms with Crippen LogP contribution in [0.4, 0.5) is 0 Å². The van der Waals surface area contributed by atoms with Crippen LogP contribution >= 0.6 is 0 Å². The number of para-hydroxylation sites is 4. The fourth-order valence-electron chi connectivity index (χ4n) is 17.8. The SMILES string of the molecule is CC1(C)c2ccc[c-]c2-n2ncc(-c3ccccc3)c2C1(C)C.CC1(C)c2ccc[c-]c2-n2nccc2C1(C)C.Cc1cc(-c2[c-]cccc2)ncc1-c1ccccc1.Cc1cc(-c2[c-]cccc2)ncc1-c1ccccc1.Cc1cc(-c2[c-]cccc2)ncc1-c1ccccc1.Cc1cc(-c2[c-]cccc2)ncc1-c1ccccc1.[Ir].[Ir].[Ir].[Ir].[c-]1ccccc1-n1cc(-c2ccccc2)cn1.[c-]1ccccc1-n1cccn1. The van der Waals surface area contributed by atoms with Gasteiger partial charge in [-0.2, -0.15) is 117 Å². The summed E-state index contributed by atoms with van der Waals surface area (Å²) in [4.78, 5) is 18.2. The average molecular weight is 2640 g/mol. The molecule has 0 atom stereocenters. The van der Waals surface area contributed by atoms with Gasteiger partial charge in [-0.15, -0.1) is 167 Å². The van der Waals surface area contributed by atoms with E-state index in [-0.39, 0.29) is 102 Å². The van der Waals surface area contributed by atoms with Crippen molar-refractivity contribution in [3.05, 3.63) is 556 Å². The van der Waals surface area contributed by atoms with Gasteiger partial charge >= 0.3 is 0 Å². The Balaban J connectivity index is 0.000000141. The van der Waals surface area contributed by atoms with Crippen LogP contribution in [0.3, 0.4) is 0 Å². The van der Waals surface area contributed by atoms with Gasteiger partial charge in [0.1, 0.15) is 0 Å². The molecule has 2 aliphatic heterocycles. The van der Waals surface area contributed by atoms with E-state index in [1.54, 1.807) is 10.9 Å². The summed E-state index contributed by atoms with van der Waals surface area (Å²) in [6, 6.07) is 160. The number of hydrogen-bond acceptors (Lipinski definition) is 8. The molecule has 0 amide bonds. The quantitative estimate of drug-likeness (QED) is 0.111. The first kappa shape index (κ1) is 110. The van der Waals surface area contributed by atoms with Gasteiger partial charge in [0.2, 0.25) is 0 Å². The first-order valence-corrected chi connectivity index (χ1v) is 48.4. The first-order chi connectivity index (χ1) is 70.2. The number of fused-ring (bicyclic) bond motifs is 6. The Morgan fingerprint density at radius 1 is 0.230 bits per heavy atom. The van der Waals surface area contributed by atoms with Crippen molar-refractivity contribution < 1.29 is 80.4 Å². The molecule has 4 radical (unpaired) electrons. The molecule has 12 nitrogen and oxygen atoms in total. The summed E-state index contributed by atoms with van der Waals surface area (Å²) >= 11 is 0. The van der Waals surface area contributed by atoms with Crippen molar-refractivity contribution in [2.24, 2.45) is 0 Å². The van der Waals surface area contributed by atoms with Crippen LogP contribution in [0.2, 0.25) is 0 Å². The minimum atomic E-state index is -0.0448. The van der Waals surface area contributed by atoms with E-state index in [9.17, 15) is 0 Å². The van der Waals surface area contributed by atoms with Crippen LogP contribution in [0, 0.1) is 76.2 Å². The van der Waals surface area contributed by atoms with Crippen molar-refractivity contribution in [3.63, 3.8) is 0 Å². The summed E-state index contributed by atoms with van der Waals surface area (Å²) in [6.45, 7) is 27.0. The Labute approximate surface area is 926 Å². The molecule has 14 aromatic carbocycles. The predicted molar refractivity (Wildman–Crippen MR) is 587 cm³/mol. The molecule has 2 aliphatic rings. The van der Waals surface area contributed by atoms with Crippen LogP contribution in [-0.4, -0.2) is 59.1 Å². The number of aryl methyl sites for hydroxylation is 4. The molecule has 0 N–H and O–H groups in total. The number of benzene rings is 14. The van der Waals surface area contributed by atoms with Crippen molar-refractivity contribution in [2.45, 2.75) is 105 Å². The van der Waals surface area contributed by atoms with Crippen LogP contribution in [0.25, 0.3) is 135 Å². The Bertz CT molecular complexity index is 7290. The Morgan fingerprint density at radius 2 is 0.547 bits per heavy atom. The van der Waals surface area contributed by atoms with Crippen LogP contribution in [0.15, 0.2) is 462 Å². The summed E-state index contributed by atoms with van der Waals surface area (Å²) in [5, 5.41) is 17.6. The standard InChI is InChI=1S/C21H21N2.4C18H14N.C15H17N2.C15H11N2.C9H7N2.4Ir/c1-20(2)17-12-8-9-13-18(17)23-19(21(20,3)4)16(14-22-23)15-10-6-5-7-11-15;4*1-14-12-18(16-10-6-3-7-11-16)19-13-17(14)15-8-4-2-5-9-15;1-14(2)11-7-5-6-8-12(11)17-13(9-10-16-17)15(14,3)4;1-3-7-13(8-4-1)14-11-16-17(12-14)15-9-5-2-6-10-15;1-2-5-9(6-3-1)11-8-4-7-10-11;;;;/h5-12,14H,1-4H3;4*2-10,12-13H,1H3;5-7,9-10H,1-4H3;1-9,11-12H;1-5,7-8H;;;;/q8*-1;;;;. The molecule has 148 heavy (non-hydrogen) atoms. The molecule has 0 unspecified atom stereocenters. The van der Waals surface area contributed by atoms with E-state index < -0.39 is 0 Å². The van der Waals surface area contributed by atoms with Crippen molar-refractivity contribution in [3.8, 4) is 135 Å². The molecule has 10 heterocycles. The predicted octanol–water partition coefficient (Wildman–Crippen LogP) is 31.2. The smallest absolute Gasteiger partial charge is 0.0575 e. The molecule has 24 rings (SSSR count). The maximum absolute atomic E-state index is 4.72. The molecule has 744 valence electrons. The van der Waals surface area contributed by atoms with E-state index in [0.29, 0.717) is 0 Å². The zero-order chi connectivity index (χ0) is 99.8. The molecule has 0 saturated heterocycles. The molecule has 0 fully saturated rings. The van der Waals surface area contributed by atoms with Gasteiger partial charge in [0.05, 0.1) is 18.1 Å². The van der Waals surface area contributed by atoms with Gasteiger partial charge in [0.15, 0.2) is 0 Å². The summed E-state index contributed by atoms with van der Waals surface area (Å²) in [5.41, 5.74) is 36.5. The third kappa shape index (κ3) is 26.0. The topological polar surface area (TPSA) is 123 Å². The van der Waals surface area contributed by atoms with Gasteiger partial charge in [-0.05, 0) is 152 Å². The molecule has 22 aromatic rings. The van der Waals surface area contributed by atoms with Crippen LogP contribution in [0.1, 0.15) is 100 Å². The average Bonchev–Trinajstić information content (AvgIpc) is 1.47. The van der Waals surface area contributed by atoms with E-state index in [1.165, 1.54) is 106 Å². The van der Waals surface area contributed by atoms with Crippen molar-refractivity contribution in [1.82, 2.24) is 59.1 Å². The summed E-state index contributed by atoms with van der Waals surface area (Å²) in [6.07, 6.45) is 19.2. The second kappa shape index (κ2) is 51.9. The molecular formula is C132H112Ir4N12-8. The second-order valence-corrected chi connectivity index (χ2v) is 37.3. The molecular weight excluding hydrogens is 2520 g/mol. The number of pyridine rings is 4. The molecule has 0 aliphatic carbocycles. The van der Waals surface area contributed by atoms with E-state index in [2.05, 4.69) is 317 Å². The fraction of sp³-hybridized carbons (Fsp3) is 0.121. The maximum Gasteiger partial charge on any atom is 0.0575 e. The van der Waals surface area contributed by atoms with Gasteiger partial charge < -0.3 is 19.9 Å². The van der Waals surface area contributed by atoms with Crippen LogP contribution in [0.5, 0.6) is 0 Å². The van der Waals surface area contributed by atoms with Gasteiger partial charge in [-0.1, -0.05) is 262 Å². The minimum Gasteiger partial charge on any atom is -0.304 e. The monoisotopic (exact) mass is 2640 g/mol. The Morgan fingerprint density at radius 3 is 0.878 bits per heavy atom. The van der Waals surface area contributed by atoms with Gasteiger partial charge in [0.25, 0.3) is 0 Å². The third-order valence-corrected chi connectivity index (χ3v) is 27.1. The number of aromatic nitrogens is 12. The molecule has 0 bridgehead atoms. The third-order valence-electron chi connectivity index (χ3n) is 27.1. The van der Waals surface area contributed by atoms with E-state index in [0.717, 1.165) is 73.3 Å². The van der Waals surface area contributed by atoms with Crippen LogP contribution < -0.4 is 0 Å². The Kier molecular flexibility index (Phi) is 38.7. The van der Waals surface area contributed by atoms with Crippen molar-refractivity contribution >= 4 is 0 Å². The number of rotatable bonds is 12. The normalized spacial score (nSPS) is 12.2. The largest absolute Gasteiger partial charge is 0.304 e. The zero-order valence-corrected chi connectivity index (χ0v) is 94.2. The Hall–Kier alpha value is -14.9. The molecule has 8 aromatic heterocycles. The van der Waals surface area contributed by atoms with Gasteiger partial charge in [-0.25, -0.2) is 0 Å². The number of nitrogens with zero attached hydrogens (tertiary/aromatic N) is 12. The van der Waals surface area contributed by atoms with Gasteiger partial charge in [0, 0.05) is 180 Å². The summed E-state index contributed by atoms with van der Waals surface area (Å²) < 4.78 is 7.73. The first-order valence-electron chi connectivity index (χ1n) is 48.4. The minimum absolute atomic E-state index is 0. The van der Waals surface area contributed by atoms with Gasteiger partial charge in [-0.3, -0.25) is 18.7 Å². The summed E-state index contributed by atoms with van der Waals surface area (Å²) in [7, 11) is 0. The summed E-state index contributed by atoms with van der Waals surface area (Å²) in [5.74, 6) is 0.